The average molecular weight is 657 g/mol. The Hall–Kier alpha value is -3.97. The van der Waals surface area contributed by atoms with Crippen LogP contribution in [0.1, 0.15) is 75.9 Å². The molecule has 3 aromatic carbocycles. The highest BCUT2D eigenvalue weighted by molar-refractivity contribution is 7.95. The maximum absolute atomic E-state index is 12.4. The summed E-state index contributed by atoms with van der Waals surface area (Å²) in [4.78, 5) is 27.7. The van der Waals surface area contributed by atoms with E-state index in [-0.39, 0.29) is 11.6 Å². The van der Waals surface area contributed by atoms with E-state index >= 15 is 0 Å². The number of non-ortho nitro benzene ring substituents is 1. The van der Waals surface area contributed by atoms with E-state index in [4.69, 9.17) is 4.98 Å². The number of amides is 1. The molecule has 0 aliphatic rings. The summed E-state index contributed by atoms with van der Waals surface area (Å²) in [5, 5.41) is 36.6. The van der Waals surface area contributed by atoms with E-state index in [1.165, 1.54) is 66.0 Å². The van der Waals surface area contributed by atoms with Crippen molar-refractivity contribution in [2.45, 2.75) is 76.4 Å². The molecule has 47 heavy (non-hydrogen) atoms. The van der Waals surface area contributed by atoms with Crippen molar-refractivity contribution in [2.75, 3.05) is 12.8 Å². The van der Waals surface area contributed by atoms with Gasteiger partial charge in [-0.2, -0.15) is 0 Å². The molecule has 3 N–H and O–H groups in total. The van der Waals surface area contributed by atoms with Crippen LogP contribution in [0.15, 0.2) is 109 Å². The molecule has 0 radical (unpaired) electrons. The maximum Gasteiger partial charge on any atom is 0.269 e. The minimum atomic E-state index is -1.87. The van der Waals surface area contributed by atoms with Crippen LogP contribution >= 0.6 is 7.26 Å². The molecule has 8 nitrogen and oxygen atoms in total. The number of pyridine rings is 1. The number of aliphatic hydroxyl groups is 2. The zero-order valence-corrected chi connectivity index (χ0v) is 27.9. The third-order valence-corrected chi connectivity index (χ3v) is 13.1. The van der Waals surface area contributed by atoms with Gasteiger partial charge in [-0.3, -0.25) is 14.9 Å². The third kappa shape index (κ3) is 10.3. The molecule has 1 aromatic heterocycles. The quantitative estimate of drug-likeness (QED) is 0.0438. The van der Waals surface area contributed by atoms with Gasteiger partial charge in [0, 0.05) is 30.8 Å². The molecule has 1 amide bonds. The molecular weight excluding hydrogens is 609 g/mol. The third-order valence-electron chi connectivity index (χ3n) is 8.70. The molecule has 0 aliphatic carbocycles. The van der Waals surface area contributed by atoms with Crippen LogP contribution in [0.5, 0.6) is 0 Å². The molecule has 2 unspecified atom stereocenters. The molecule has 248 valence electrons. The first kappa shape index (κ1) is 35.9. The lowest BCUT2D eigenvalue weighted by Gasteiger charge is -2.26. The fraction of sp³-hybridized carbons (Fsp3) is 0.368. The number of carbonyl (C=O) groups is 1. The van der Waals surface area contributed by atoms with E-state index in [0.29, 0.717) is 12.0 Å². The van der Waals surface area contributed by atoms with Gasteiger partial charge in [0.05, 0.1) is 23.7 Å². The van der Waals surface area contributed by atoms with Gasteiger partial charge in [0.15, 0.2) is 5.44 Å². The number of aromatic nitrogens is 1. The molecule has 0 fully saturated rings. The Bertz CT molecular complexity index is 1390. The standard InChI is InChI=1S/C38H46N3O5P/c42-30-35(38(44)31-24-26-32(27-25-31)41(45)46)40-36(43)22-14-6-4-2-1-3-5-7-17-29-47(33-18-10-8-11-19-33,34-20-12-9-13-21-34)37-23-15-16-28-39-37/h8-13,15-16,18-21,23-28,35,38,42,44H,1-7,14,17,22,29-30H2/p+1. The minimum Gasteiger partial charge on any atom is -0.394 e. The number of benzene rings is 3. The van der Waals surface area contributed by atoms with Crippen molar-refractivity contribution in [3.8, 4) is 0 Å². The van der Waals surface area contributed by atoms with Gasteiger partial charge in [0.25, 0.3) is 5.69 Å². The lowest BCUT2D eigenvalue weighted by atomic mass is 10.0. The predicted molar refractivity (Wildman–Crippen MR) is 191 cm³/mol. The lowest BCUT2D eigenvalue weighted by molar-refractivity contribution is -0.384. The first-order chi connectivity index (χ1) is 23.0. The normalized spacial score (nSPS) is 12.7. The molecule has 0 aliphatic heterocycles. The molecule has 4 aromatic rings. The summed E-state index contributed by atoms with van der Waals surface area (Å²) in [5.74, 6) is -0.222. The molecular formula is C38H47N3O5P+. The Morgan fingerprint density at radius 2 is 1.28 bits per heavy atom. The molecule has 0 saturated carbocycles. The number of hydrogen-bond acceptors (Lipinski definition) is 6. The van der Waals surface area contributed by atoms with Gasteiger partial charge in [0.1, 0.15) is 24.0 Å². The summed E-state index contributed by atoms with van der Waals surface area (Å²) in [7, 11) is -1.87. The summed E-state index contributed by atoms with van der Waals surface area (Å²) in [5.41, 5.74) is 1.51. The summed E-state index contributed by atoms with van der Waals surface area (Å²) < 4.78 is 0. The topological polar surface area (TPSA) is 126 Å². The molecule has 4 rings (SSSR count). The Morgan fingerprint density at radius 3 is 1.79 bits per heavy atom. The highest BCUT2D eigenvalue weighted by Gasteiger charge is 2.46. The first-order valence-corrected chi connectivity index (χ1v) is 18.7. The molecule has 1 heterocycles. The van der Waals surface area contributed by atoms with Crippen LogP contribution in [0.4, 0.5) is 5.69 Å². The smallest absolute Gasteiger partial charge is 0.269 e. The highest BCUT2D eigenvalue weighted by atomic mass is 31.2. The van der Waals surface area contributed by atoms with Crippen molar-refractivity contribution in [1.82, 2.24) is 10.3 Å². The largest absolute Gasteiger partial charge is 0.394 e. The summed E-state index contributed by atoms with van der Waals surface area (Å²) in [6.07, 6.45) is 12.0. The van der Waals surface area contributed by atoms with Crippen molar-refractivity contribution in [2.24, 2.45) is 0 Å². The molecule has 0 bridgehead atoms. The van der Waals surface area contributed by atoms with E-state index in [0.717, 1.165) is 38.3 Å². The number of nitro groups is 1. The number of nitro benzene ring substituents is 1. The molecule has 0 saturated heterocycles. The Balaban J connectivity index is 1.15. The van der Waals surface area contributed by atoms with Crippen LogP contribution in [0.25, 0.3) is 0 Å². The molecule has 9 heteroatoms. The van der Waals surface area contributed by atoms with Crippen molar-refractivity contribution in [3.05, 3.63) is 125 Å². The predicted octanol–water partition coefficient (Wildman–Crippen LogP) is 6.40. The number of unbranched alkanes of at least 4 members (excludes halogenated alkanes) is 8. The number of nitrogens with zero attached hydrogens (tertiary/aromatic N) is 2. The van der Waals surface area contributed by atoms with E-state index in [1.807, 2.05) is 12.3 Å². The van der Waals surface area contributed by atoms with Gasteiger partial charge >= 0.3 is 0 Å². The van der Waals surface area contributed by atoms with Crippen LogP contribution < -0.4 is 21.4 Å². The van der Waals surface area contributed by atoms with Crippen LogP contribution in [-0.4, -0.2) is 44.8 Å². The number of carbonyl (C=O) groups excluding carboxylic acids is 1. The van der Waals surface area contributed by atoms with Crippen LogP contribution in [-0.2, 0) is 4.79 Å². The van der Waals surface area contributed by atoms with E-state index in [1.54, 1.807) is 0 Å². The lowest BCUT2D eigenvalue weighted by Crippen LogP contribution is -2.41. The van der Waals surface area contributed by atoms with Crippen molar-refractivity contribution in [1.29, 1.82) is 0 Å². The second kappa shape index (κ2) is 19.0. The summed E-state index contributed by atoms with van der Waals surface area (Å²) >= 11 is 0. The van der Waals surface area contributed by atoms with Crippen molar-refractivity contribution < 1.29 is 19.9 Å². The van der Waals surface area contributed by atoms with Gasteiger partial charge in [-0.05, 0) is 67.3 Å². The zero-order valence-electron chi connectivity index (χ0n) is 27.0. The van der Waals surface area contributed by atoms with Gasteiger partial charge in [-0.1, -0.05) is 81.0 Å². The first-order valence-electron chi connectivity index (χ1n) is 16.7. The van der Waals surface area contributed by atoms with Crippen LogP contribution in [0.3, 0.4) is 0 Å². The van der Waals surface area contributed by atoms with Crippen molar-refractivity contribution in [3.63, 3.8) is 0 Å². The summed E-state index contributed by atoms with van der Waals surface area (Å²) in [6, 6.07) is 32.7. The average Bonchev–Trinajstić information content (AvgIpc) is 3.12. The van der Waals surface area contributed by atoms with Gasteiger partial charge in [-0.15, -0.1) is 0 Å². The number of aliphatic hydroxyl groups excluding tert-OH is 2. The van der Waals surface area contributed by atoms with E-state index < -0.39 is 30.9 Å². The summed E-state index contributed by atoms with van der Waals surface area (Å²) in [6.45, 7) is -0.436. The number of nitrogens with one attached hydrogen (secondary N) is 1. The van der Waals surface area contributed by atoms with Crippen molar-refractivity contribution >= 4 is 34.9 Å². The zero-order chi connectivity index (χ0) is 33.3. The number of rotatable bonds is 20. The fourth-order valence-corrected chi connectivity index (χ4v) is 10.4. The van der Waals surface area contributed by atoms with E-state index in [9.17, 15) is 25.1 Å². The minimum absolute atomic E-state index is 0.0860. The maximum atomic E-state index is 12.4. The fourth-order valence-electron chi connectivity index (χ4n) is 6.13. The Kier molecular flexibility index (Phi) is 14.5. The SMILES string of the molecule is O=C(CCCCCCCCCCC[P+](c1ccccc1)(c1ccccc1)c1ccccn1)NC(CO)C(O)c1ccc([N+](=O)[O-])cc1. The van der Waals surface area contributed by atoms with Crippen LogP contribution in [0.2, 0.25) is 0 Å². The Labute approximate surface area is 278 Å². The monoisotopic (exact) mass is 656 g/mol. The number of hydrogen-bond donors (Lipinski definition) is 3. The second-order valence-corrected chi connectivity index (χ2v) is 15.5. The molecule has 2 atom stereocenters. The van der Waals surface area contributed by atoms with E-state index in [2.05, 4.69) is 78.1 Å². The Morgan fingerprint density at radius 1 is 0.745 bits per heavy atom. The highest BCUT2D eigenvalue weighted by Crippen LogP contribution is 2.55. The van der Waals surface area contributed by atoms with Gasteiger partial charge in [-0.25, -0.2) is 4.98 Å². The second-order valence-electron chi connectivity index (χ2n) is 12.0. The molecule has 0 spiro atoms. The van der Waals surface area contributed by atoms with Gasteiger partial charge < -0.3 is 15.5 Å². The van der Waals surface area contributed by atoms with Crippen LogP contribution in [0, 0.1) is 10.1 Å². The van der Waals surface area contributed by atoms with Gasteiger partial charge in [0.2, 0.25) is 5.91 Å².